The number of piperidine rings is 1. The van der Waals surface area contributed by atoms with Gasteiger partial charge in [-0.25, -0.2) is 4.98 Å². The number of anilines is 2. The van der Waals surface area contributed by atoms with Crippen LogP contribution in [0.25, 0.3) is 11.0 Å². The SMILES string of the molecule is CCC1CC(CNc2nc(N)nc3cnn(Cc4ccc(C(=O)NC5CCN(C)CC5)cc4OC)c23)C1. The number of hydrogen-bond donors (Lipinski definition) is 3. The molecule has 0 unspecified atom stereocenters. The van der Waals surface area contributed by atoms with Crippen LogP contribution in [0.1, 0.15) is 54.9 Å². The molecule has 4 N–H and O–H groups in total. The molecule has 5 rings (SSSR count). The molecule has 1 saturated heterocycles. The van der Waals surface area contributed by atoms with Crippen LogP contribution < -0.4 is 21.1 Å². The summed E-state index contributed by atoms with van der Waals surface area (Å²) in [5.74, 6) is 3.00. The molecular weight excluding hydrogens is 468 g/mol. The van der Waals surface area contributed by atoms with Gasteiger partial charge in [0.2, 0.25) is 5.95 Å². The molecule has 1 amide bonds. The summed E-state index contributed by atoms with van der Waals surface area (Å²) in [6.45, 7) is 5.56. The van der Waals surface area contributed by atoms with Gasteiger partial charge in [-0.15, -0.1) is 0 Å². The zero-order chi connectivity index (χ0) is 25.9. The van der Waals surface area contributed by atoms with Gasteiger partial charge < -0.3 is 26.0 Å². The van der Waals surface area contributed by atoms with Gasteiger partial charge in [0.05, 0.1) is 19.9 Å². The Morgan fingerprint density at radius 1 is 1.19 bits per heavy atom. The first-order valence-corrected chi connectivity index (χ1v) is 13.3. The number of rotatable bonds is 9. The first kappa shape index (κ1) is 25.3. The maximum atomic E-state index is 12.9. The number of likely N-dealkylation sites (tertiary alicyclic amines) is 1. The van der Waals surface area contributed by atoms with Crippen molar-refractivity contribution in [2.45, 2.75) is 51.6 Å². The lowest BCUT2D eigenvalue weighted by Crippen LogP contribution is -2.43. The first-order chi connectivity index (χ1) is 17.9. The zero-order valence-corrected chi connectivity index (χ0v) is 22.0. The summed E-state index contributed by atoms with van der Waals surface area (Å²) in [6.07, 6.45) is 7.39. The second kappa shape index (κ2) is 10.9. The van der Waals surface area contributed by atoms with E-state index in [1.807, 2.05) is 16.8 Å². The number of carbonyl (C=O) groups is 1. The van der Waals surface area contributed by atoms with Crippen molar-refractivity contribution in [1.82, 2.24) is 30.0 Å². The van der Waals surface area contributed by atoms with Crippen LogP contribution in [0.4, 0.5) is 11.8 Å². The lowest BCUT2D eigenvalue weighted by molar-refractivity contribution is 0.0916. The molecule has 10 heteroatoms. The van der Waals surface area contributed by atoms with E-state index in [0.717, 1.165) is 49.5 Å². The van der Waals surface area contributed by atoms with Crippen LogP contribution in [0.15, 0.2) is 24.4 Å². The zero-order valence-electron chi connectivity index (χ0n) is 22.0. The highest BCUT2D eigenvalue weighted by atomic mass is 16.5. The van der Waals surface area contributed by atoms with Crippen LogP contribution >= 0.6 is 0 Å². The highest BCUT2D eigenvalue weighted by Gasteiger charge is 2.28. The van der Waals surface area contributed by atoms with Crippen molar-refractivity contribution in [3.05, 3.63) is 35.5 Å². The monoisotopic (exact) mass is 506 g/mol. The molecule has 2 aromatic heterocycles. The van der Waals surface area contributed by atoms with Crippen LogP contribution in [0, 0.1) is 11.8 Å². The molecular formula is C27H38N8O2. The number of fused-ring (bicyclic) bond motifs is 1. The summed E-state index contributed by atoms with van der Waals surface area (Å²) in [5.41, 5.74) is 9.00. The summed E-state index contributed by atoms with van der Waals surface area (Å²) in [5, 5.41) is 11.3. The molecule has 0 atom stereocenters. The van der Waals surface area contributed by atoms with Crippen molar-refractivity contribution in [3.8, 4) is 5.75 Å². The van der Waals surface area contributed by atoms with Crippen molar-refractivity contribution in [3.63, 3.8) is 0 Å². The van der Waals surface area contributed by atoms with Gasteiger partial charge in [-0.2, -0.15) is 10.1 Å². The van der Waals surface area contributed by atoms with E-state index < -0.39 is 0 Å². The highest BCUT2D eigenvalue weighted by molar-refractivity contribution is 5.95. The van der Waals surface area contributed by atoms with Crippen LogP contribution in [0.3, 0.4) is 0 Å². The molecule has 0 bridgehead atoms. The van der Waals surface area contributed by atoms with Gasteiger partial charge in [-0.1, -0.05) is 19.4 Å². The smallest absolute Gasteiger partial charge is 0.251 e. The number of aromatic nitrogens is 4. The molecule has 0 spiro atoms. The number of nitrogens with two attached hydrogens (primary N) is 1. The van der Waals surface area contributed by atoms with Crippen LogP contribution in [-0.2, 0) is 6.54 Å². The normalized spacial score (nSPS) is 20.5. The summed E-state index contributed by atoms with van der Waals surface area (Å²) in [6, 6.07) is 5.79. The van der Waals surface area contributed by atoms with Gasteiger partial charge >= 0.3 is 0 Å². The third kappa shape index (κ3) is 5.64. The quantitative estimate of drug-likeness (QED) is 0.404. The van der Waals surface area contributed by atoms with Gasteiger partial charge in [0.15, 0.2) is 5.82 Å². The van der Waals surface area contributed by atoms with E-state index in [9.17, 15) is 4.79 Å². The van der Waals surface area contributed by atoms with Crippen molar-refractivity contribution in [1.29, 1.82) is 0 Å². The van der Waals surface area contributed by atoms with Crippen molar-refractivity contribution in [2.75, 3.05) is 44.8 Å². The predicted octanol–water partition coefficient (Wildman–Crippen LogP) is 3.14. The molecule has 1 aromatic carbocycles. The van der Waals surface area contributed by atoms with Crippen LogP contribution in [0.5, 0.6) is 5.75 Å². The molecule has 2 aliphatic rings. The summed E-state index contributed by atoms with van der Waals surface area (Å²) < 4.78 is 7.54. The molecule has 1 aliphatic carbocycles. The minimum absolute atomic E-state index is 0.0689. The number of hydrogen-bond acceptors (Lipinski definition) is 8. The average molecular weight is 507 g/mol. The number of nitrogens with zero attached hydrogens (tertiary/aromatic N) is 5. The number of nitrogens with one attached hydrogen (secondary N) is 2. The Bertz CT molecular complexity index is 1240. The van der Waals surface area contributed by atoms with Crippen molar-refractivity contribution >= 4 is 28.7 Å². The van der Waals surface area contributed by atoms with Crippen LogP contribution in [0.2, 0.25) is 0 Å². The number of amides is 1. The molecule has 1 aliphatic heterocycles. The molecule has 2 fully saturated rings. The summed E-state index contributed by atoms with van der Waals surface area (Å²) in [7, 11) is 3.73. The van der Waals surface area contributed by atoms with E-state index in [0.29, 0.717) is 35.1 Å². The molecule has 3 heterocycles. The minimum Gasteiger partial charge on any atom is -0.496 e. The van der Waals surface area contributed by atoms with E-state index in [-0.39, 0.29) is 17.9 Å². The maximum absolute atomic E-state index is 12.9. The summed E-state index contributed by atoms with van der Waals surface area (Å²) in [4.78, 5) is 24.1. The maximum Gasteiger partial charge on any atom is 0.251 e. The number of carbonyl (C=O) groups excluding carboxylic acids is 1. The van der Waals surface area contributed by atoms with Gasteiger partial charge in [0, 0.05) is 23.7 Å². The van der Waals surface area contributed by atoms with E-state index in [2.05, 4.69) is 44.6 Å². The van der Waals surface area contributed by atoms with Gasteiger partial charge in [-0.3, -0.25) is 9.48 Å². The Morgan fingerprint density at radius 3 is 2.70 bits per heavy atom. The van der Waals surface area contributed by atoms with Crippen molar-refractivity contribution in [2.24, 2.45) is 11.8 Å². The molecule has 198 valence electrons. The fourth-order valence-electron chi connectivity index (χ4n) is 5.47. The molecule has 37 heavy (non-hydrogen) atoms. The average Bonchev–Trinajstić information content (AvgIpc) is 3.27. The Labute approximate surface area is 218 Å². The standard InChI is InChI=1S/C27H38N8O2/c1-4-17-11-18(12-17)14-29-25-24-22(32-27(28)33-25)15-30-35(24)16-20-6-5-19(13-23(20)37-3)26(36)31-21-7-9-34(2)10-8-21/h5-6,13,15,17-18,21H,4,7-12,14,16H2,1-3H3,(H,31,36)(H3,28,29,32,33). The lowest BCUT2D eigenvalue weighted by Gasteiger charge is -2.34. The first-order valence-electron chi connectivity index (χ1n) is 13.3. The third-order valence-electron chi connectivity index (χ3n) is 7.90. The topological polar surface area (TPSA) is 123 Å². The number of methoxy groups -OCH3 is 1. The number of nitrogen functional groups attached to an aromatic ring is 1. The lowest BCUT2D eigenvalue weighted by atomic mass is 9.73. The number of ether oxygens (including phenoxy) is 1. The Kier molecular flexibility index (Phi) is 7.45. The van der Waals surface area contributed by atoms with E-state index in [4.69, 9.17) is 10.5 Å². The Balaban J connectivity index is 1.32. The molecule has 3 aromatic rings. The largest absolute Gasteiger partial charge is 0.496 e. The van der Waals surface area contributed by atoms with E-state index in [1.54, 1.807) is 19.4 Å². The van der Waals surface area contributed by atoms with Gasteiger partial charge in [0.25, 0.3) is 5.91 Å². The Morgan fingerprint density at radius 2 is 1.97 bits per heavy atom. The second-order valence-corrected chi connectivity index (χ2v) is 10.5. The van der Waals surface area contributed by atoms with Crippen molar-refractivity contribution < 1.29 is 9.53 Å². The third-order valence-corrected chi connectivity index (χ3v) is 7.90. The van der Waals surface area contributed by atoms with E-state index in [1.165, 1.54) is 19.3 Å². The van der Waals surface area contributed by atoms with Crippen LogP contribution in [-0.4, -0.2) is 70.4 Å². The highest BCUT2D eigenvalue weighted by Crippen LogP contribution is 2.36. The Hall–Kier alpha value is -3.40. The fourth-order valence-corrected chi connectivity index (χ4v) is 5.47. The fraction of sp³-hybridized carbons (Fsp3) is 0.556. The van der Waals surface area contributed by atoms with Gasteiger partial charge in [-0.05, 0) is 69.8 Å². The number of benzene rings is 1. The minimum atomic E-state index is -0.0689. The second-order valence-electron chi connectivity index (χ2n) is 10.5. The van der Waals surface area contributed by atoms with E-state index >= 15 is 0 Å². The molecule has 0 radical (unpaired) electrons. The predicted molar refractivity (Wildman–Crippen MR) is 145 cm³/mol. The molecule has 10 nitrogen and oxygen atoms in total. The molecule has 1 saturated carbocycles. The van der Waals surface area contributed by atoms with Gasteiger partial charge in [0.1, 0.15) is 16.8 Å². The summed E-state index contributed by atoms with van der Waals surface area (Å²) >= 11 is 0.